The highest BCUT2D eigenvalue weighted by molar-refractivity contribution is 9.10. The van der Waals surface area contributed by atoms with Gasteiger partial charge in [-0.1, -0.05) is 15.9 Å². The number of non-ortho nitro benzene ring substituents is 1. The number of likely N-dealkylation sites (N-methyl/N-ethyl adjacent to an activating group) is 1. The molecule has 1 amide bonds. The van der Waals surface area contributed by atoms with Crippen LogP contribution in [0.1, 0.15) is 10.4 Å². The van der Waals surface area contributed by atoms with Crippen LogP contribution in [0.4, 0.5) is 5.69 Å². The van der Waals surface area contributed by atoms with Crippen molar-refractivity contribution in [2.24, 2.45) is 0 Å². The number of aliphatic hydroxyl groups is 1. The molecule has 0 fully saturated rings. The zero-order chi connectivity index (χ0) is 13.0. The number of nitro benzene ring substituents is 1. The summed E-state index contributed by atoms with van der Waals surface area (Å²) in [6, 6.07) is 4.03. The van der Waals surface area contributed by atoms with E-state index >= 15 is 0 Å². The monoisotopic (exact) mass is 302 g/mol. The highest BCUT2D eigenvalue weighted by Crippen LogP contribution is 2.22. The van der Waals surface area contributed by atoms with Crippen molar-refractivity contribution in [2.75, 3.05) is 20.2 Å². The van der Waals surface area contributed by atoms with E-state index in [2.05, 4.69) is 15.9 Å². The lowest BCUT2D eigenvalue weighted by Crippen LogP contribution is -2.29. The van der Waals surface area contributed by atoms with Gasteiger partial charge in [-0.05, 0) is 6.07 Å². The van der Waals surface area contributed by atoms with E-state index < -0.39 is 4.92 Å². The summed E-state index contributed by atoms with van der Waals surface area (Å²) in [5.41, 5.74) is 0.0575. The number of carbonyl (C=O) groups is 1. The summed E-state index contributed by atoms with van der Waals surface area (Å²) in [4.78, 5) is 23.2. The minimum atomic E-state index is -0.562. The third kappa shape index (κ3) is 3.50. The van der Waals surface area contributed by atoms with Crippen LogP contribution in [0.25, 0.3) is 0 Å². The Hall–Kier alpha value is -1.47. The Morgan fingerprint density at radius 2 is 2.18 bits per heavy atom. The van der Waals surface area contributed by atoms with Crippen molar-refractivity contribution in [1.82, 2.24) is 4.90 Å². The molecule has 0 spiro atoms. The number of halogens is 1. The summed E-state index contributed by atoms with van der Waals surface area (Å²) >= 11 is 3.11. The first kappa shape index (κ1) is 13.6. The minimum Gasteiger partial charge on any atom is -0.395 e. The predicted octanol–water partition coefficient (Wildman–Crippen LogP) is 1.42. The molecule has 92 valence electrons. The Morgan fingerprint density at radius 1 is 1.53 bits per heavy atom. The van der Waals surface area contributed by atoms with Crippen LogP contribution in [0.3, 0.4) is 0 Å². The van der Waals surface area contributed by atoms with Gasteiger partial charge in [-0.15, -0.1) is 0 Å². The molecule has 0 saturated carbocycles. The summed E-state index contributed by atoms with van der Waals surface area (Å²) in [5, 5.41) is 19.4. The largest absolute Gasteiger partial charge is 0.395 e. The molecule has 0 saturated heterocycles. The minimum absolute atomic E-state index is 0.153. The van der Waals surface area contributed by atoms with Crippen molar-refractivity contribution < 1.29 is 14.8 Å². The number of nitro groups is 1. The quantitative estimate of drug-likeness (QED) is 0.673. The van der Waals surface area contributed by atoms with Gasteiger partial charge in [0.1, 0.15) is 0 Å². The summed E-state index contributed by atoms with van der Waals surface area (Å²) in [5.74, 6) is -0.372. The fraction of sp³-hybridized carbons (Fsp3) is 0.300. The van der Waals surface area contributed by atoms with Crippen molar-refractivity contribution in [2.45, 2.75) is 0 Å². The van der Waals surface area contributed by atoms with Gasteiger partial charge in [0, 0.05) is 35.8 Å². The molecular weight excluding hydrogens is 292 g/mol. The maximum absolute atomic E-state index is 11.8. The average Bonchev–Trinajstić information content (AvgIpc) is 2.27. The molecule has 7 heteroatoms. The Balaban J connectivity index is 3.05. The van der Waals surface area contributed by atoms with Gasteiger partial charge in [0.15, 0.2) is 0 Å². The van der Waals surface area contributed by atoms with Crippen molar-refractivity contribution in [1.29, 1.82) is 0 Å². The van der Waals surface area contributed by atoms with Crippen LogP contribution in [0, 0.1) is 10.1 Å². The third-order valence-corrected chi connectivity index (χ3v) is 2.58. The molecule has 0 aromatic heterocycles. The molecule has 1 N–H and O–H groups in total. The van der Waals surface area contributed by atoms with Crippen molar-refractivity contribution >= 4 is 27.5 Å². The SMILES string of the molecule is CN(CCO)C(=O)c1cc(Br)cc([N+](=O)[O-])c1. The Morgan fingerprint density at radius 3 is 2.71 bits per heavy atom. The molecule has 0 atom stereocenters. The van der Waals surface area contributed by atoms with Crippen LogP contribution in [0.15, 0.2) is 22.7 Å². The lowest BCUT2D eigenvalue weighted by Gasteiger charge is -2.15. The standard InChI is InChI=1S/C10H11BrN2O4/c1-12(2-3-14)10(15)7-4-8(11)6-9(5-7)13(16)17/h4-6,14H,2-3H2,1H3. The van der Waals surface area contributed by atoms with Crippen LogP contribution < -0.4 is 0 Å². The maximum Gasteiger partial charge on any atom is 0.271 e. The molecule has 6 nitrogen and oxygen atoms in total. The number of rotatable bonds is 4. The zero-order valence-electron chi connectivity index (χ0n) is 9.09. The first-order chi connectivity index (χ1) is 7.95. The van der Waals surface area contributed by atoms with E-state index in [0.717, 1.165) is 0 Å². The van der Waals surface area contributed by atoms with Gasteiger partial charge in [-0.3, -0.25) is 14.9 Å². The van der Waals surface area contributed by atoms with Crippen LogP contribution in [-0.2, 0) is 0 Å². The topological polar surface area (TPSA) is 83.7 Å². The maximum atomic E-state index is 11.8. The lowest BCUT2D eigenvalue weighted by atomic mass is 10.2. The van der Waals surface area contributed by atoms with E-state index in [1.807, 2.05) is 0 Å². The molecule has 0 bridgehead atoms. The molecule has 1 aromatic carbocycles. The number of benzene rings is 1. The Labute approximate surface area is 106 Å². The average molecular weight is 303 g/mol. The van der Waals surface area contributed by atoms with Crippen molar-refractivity contribution in [3.63, 3.8) is 0 Å². The molecule has 0 aliphatic carbocycles. The first-order valence-electron chi connectivity index (χ1n) is 4.77. The number of carbonyl (C=O) groups excluding carboxylic acids is 1. The summed E-state index contributed by atoms with van der Waals surface area (Å²) < 4.78 is 0.465. The van der Waals surface area contributed by atoms with E-state index in [1.165, 1.54) is 30.1 Å². The molecule has 0 unspecified atom stereocenters. The molecule has 0 radical (unpaired) electrons. The number of amides is 1. The molecule has 17 heavy (non-hydrogen) atoms. The second-order valence-electron chi connectivity index (χ2n) is 3.41. The van der Waals surface area contributed by atoms with Gasteiger partial charge in [0.2, 0.25) is 0 Å². The van der Waals surface area contributed by atoms with Gasteiger partial charge >= 0.3 is 0 Å². The van der Waals surface area contributed by atoms with E-state index in [-0.39, 0.29) is 30.3 Å². The van der Waals surface area contributed by atoms with Crippen LogP contribution in [0.2, 0.25) is 0 Å². The van der Waals surface area contributed by atoms with Gasteiger partial charge in [0.05, 0.1) is 11.5 Å². The van der Waals surface area contributed by atoms with E-state index in [0.29, 0.717) is 4.47 Å². The van der Waals surface area contributed by atoms with Crippen molar-refractivity contribution in [3.05, 3.63) is 38.3 Å². The third-order valence-electron chi connectivity index (χ3n) is 2.12. The van der Waals surface area contributed by atoms with Gasteiger partial charge in [0.25, 0.3) is 11.6 Å². The normalized spacial score (nSPS) is 10.1. The number of aliphatic hydroxyl groups excluding tert-OH is 1. The van der Waals surface area contributed by atoms with E-state index in [4.69, 9.17) is 5.11 Å². The fourth-order valence-corrected chi connectivity index (χ4v) is 1.76. The predicted molar refractivity (Wildman–Crippen MR) is 64.8 cm³/mol. The second kappa shape index (κ2) is 5.74. The summed E-state index contributed by atoms with van der Waals surface area (Å²) in [6.07, 6.45) is 0. The molecule has 1 rings (SSSR count). The smallest absolute Gasteiger partial charge is 0.271 e. The number of nitrogens with zero attached hydrogens (tertiary/aromatic N) is 2. The van der Waals surface area contributed by atoms with E-state index in [1.54, 1.807) is 0 Å². The fourth-order valence-electron chi connectivity index (χ4n) is 1.27. The molecule has 0 aliphatic heterocycles. The van der Waals surface area contributed by atoms with Gasteiger partial charge in [-0.2, -0.15) is 0 Å². The molecule has 1 aromatic rings. The summed E-state index contributed by atoms with van der Waals surface area (Å²) in [6.45, 7) is 0.0253. The zero-order valence-corrected chi connectivity index (χ0v) is 10.7. The van der Waals surface area contributed by atoms with Gasteiger partial charge < -0.3 is 10.0 Å². The van der Waals surface area contributed by atoms with Crippen LogP contribution >= 0.6 is 15.9 Å². The number of hydrogen-bond donors (Lipinski definition) is 1. The lowest BCUT2D eigenvalue weighted by molar-refractivity contribution is -0.385. The summed E-state index contributed by atoms with van der Waals surface area (Å²) in [7, 11) is 1.52. The Bertz CT molecular complexity index is 450. The van der Waals surface area contributed by atoms with Gasteiger partial charge in [-0.25, -0.2) is 0 Å². The highest BCUT2D eigenvalue weighted by Gasteiger charge is 2.16. The van der Waals surface area contributed by atoms with E-state index in [9.17, 15) is 14.9 Å². The van der Waals surface area contributed by atoms with Crippen LogP contribution in [-0.4, -0.2) is 41.0 Å². The first-order valence-corrected chi connectivity index (χ1v) is 5.56. The number of hydrogen-bond acceptors (Lipinski definition) is 4. The van der Waals surface area contributed by atoms with Crippen LogP contribution in [0.5, 0.6) is 0 Å². The molecule has 0 heterocycles. The Kier molecular flexibility index (Phi) is 4.59. The van der Waals surface area contributed by atoms with Crippen molar-refractivity contribution in [3.8, 4) is 0 Å². The second-order valence-corrected chi connectivity index (χ2v) is 4.32. The molecule has 0 aliphatic rings. The highest BCUT2D eigenvalue weighted by atomic mass is 79.9. The molecular formula is C10H11BrN2O4.